The Balaban J connectivity index is 1.74. The summed E-state index contributed by atoms with van der Waals surface area (Å²) in [4.78, 5) is 25.5. The van der Waals surface area contributed by atoms with Gasteiger partial charge in [-0.3, -0.25) is 4.79 Å². The maximum absolute atomic E-state index is 12.9. The number of benzene rings is 3. The molecule has 2 N–H and O–H groups in total. The van der Waals surface area contributed by atoms with Gasteiger partial charge in [0.05, 0.1) is 11.1 Å². The van der Waals surface area contributed by atoms with Gasteiger partial charge >= 0.3 is 11.9 Å². The van der Waals surface area contributed by atoms with Crippen LogP contribution in [-0.4, -0.2) is 22.2 Å². The quantitative estimate of drug-likeness (QED) is 0.317. The van der Waals surface area contributed by atoms with Gasteiger partial charge in [0.25, 0.3) is 0 Å². The van der Waals surface area contributed by atoms with Crippen LogP contribution in [0.3, 0.4) is 0 Å². The second-order valence-corrected chi connectivity index (χ2v) is 8.15. The Morgan fingerprint density at radius 1 is 0.970 bits per heavy atom. The monoisotopic (exact) mass is 446 g/mol. The van der Waals surface area contributed by atoms with Gasteiger partial charge in [0, 0.05) is 35.7 Å². The molecule has 2 aliphatic rings. The van der Waals surface area contributed by atoms with Gasteiger partial charge in [0.15, 0.2) is 5.60 Å². The van der Waals surface area contributed by atoms with Crippen molar-refractivity contribution in [1.29, 1.82) is 0 Å². The Bertz CT molecular complexity index is 1280. The van der Waals surface area contributed by atoms with E-state index in [1.807, 2.05) is 6.92 Å². The molecule has 0 aliphatic carbocycles. The van der Waals surface area contributed by atoms with Gasteiger partial charge in [-0.1, -0.05) is 38.0 Å². The van der Waals surface area contributed by atoms with E-state index in [0.29, 0.717) is 28.7 Å². The van der Waals surface area contributed by atoms with Gasteiger partial charge in [0.2, 0.25) is 0 Å². The fourth-order valence-electron chi connectivity index (χ4n) is 4.52. The summed E-state index contributed by atoms with van der Waals surface area (Å²) in [7, 11) is 0. The van der Waals surface area contributed by atoms with Crippen molar-refractivity contribution in [2.45, 2.75) is 38.2 Å². The molecule has 0 aromatic heterocycles. The summed E-state index contributed by atoms with van der Waals surface area (Å²) in [6.45, 7) is 2.04. The SMILES string of the molecule is CCCCCC(=O)Oc1cc(O)cc2c1C1(OC(=O)c3ccccc31)c1ccc(O)cc1O2. The highest BCUT2D eigenvalue weighted by Crippen LogP contribution is 2.59. The lowest BCUT2D eigenvalue weighted by Crippen LogP contribution is -2.34. The van der Waals surface area contributed by atoms with E-state index in [0.717, 1.165) is 12.8 Å². The first-order valence-electron chi connectivity index (χ1n) is 10.9. The van der Waals surface area contributed by atoms with Crippen LogP contribution in [0, 0.1) is 0 Å². The molecule has 2 aliphatic heterocycles. The minimum atomic E-state index is -1.48. The van der Waals surface area contributed by atoms with Crippen molar-refractivity contribution < 1.29 is 34.0 Å². The smallest absolute Gasteiger partial charge is 0.340 e. The van der Waals surface area contributed by atoms with E-state index >= 15 is 0 Å². The molecule has 1 spiro atoms. The van der Waals surface area contributed by atoms with Crippen molar-refractivity contribution in [2.75, 3.05) is 0 Å². The Morgan fingerprint density at radius 3 is 2.58 bits per heavy atom. The maximum atomic E-state index is 12.9. The number of esters is 2. The number of hydrogen-bond donors (Lipinski definition) is 2. The van der Waals surface area contributed by atoms with Crippen molar-refractivity contribution in [2.24, 2.45) is 0 Å². The molecule has 7 nitrogen and oxygen atoms in total. The third-order valence-electron chi connectivity index (χ3n) is 5.95. The summed E-state index contributed by atoms with van der Waals surface area (Å²) < 4.78 is 17.7. The summed E-state index contributed by atoms with van der Waals surface area (Å²) in [5.41, 5.74) is 0.232. The number of hydrogen-bond acceptors (Lipinski definition) is 7. The molecule has 0 radical (unpaired) electrons. The maximum Gasteiger partial charge on any atom is 0.340 e. The number of carbonyl (C=O) groups is 2. The first-order chi connectivity index (χ1) is 15.9. The first-order valence-corrected chi connectivity index (χ1v) is 10.9. The molecule has 2 heterocycles. The molecular formula is C26H22O7. The van der Waals surface area contributed by atoms with E-state index in [9.17, 15) is 19.8 Å². The molecule has 0 saturated heterocycles. The molecule has 0 fully saturated rings. The van der Waals surface area contributed by atoms with Crippen LogP contribution in [0.4, 0.5) is 0 Å². The van der Waals surface area contributed by atoms with E-state index in [1.165, 1.54) is 24.3 Å². The van der Waals surface area contributed by atoms with Crippen molar-refractivity contribution in [3.05, 3.63) is 76.9 Å². The summed E-state index contributed by atoms with van der Waals surface area (Å²) in [6.07, 6.45) is 2.75. The predicted octanol–water partition coefficient (Wildman–Crippen LogP) is 5.15. The lowest BCUT2D eigenvalue weighted by atomic mass is 9.77. The molecule has 0 amide bonds. The van der Waals surface area contributed by atoms with Crippen LogP contribution in [0.1, 0.15) is 59.7 Å². The van der Waals surface area contributed by atoms with Gasteiger partial charge in [-0.25, -0.2) is 4.79 Å². The van der Waals surface area contributed by atoms with Gasteiger partial charge in [-0.15, -0.1) is 0 Å². The highest BCUT2D eigenvalue weighted by molar-refractivity contribution is 5.97. The number of ether oxygens (including phenoxy) is 3. The number of phenolic OH excluding ortho intramolecular Hbond substituents is 2. The topological polar surface area (TPSA) is 102 Å². The lowest BCUT2D eigenvalue weighted by Gasteiger charge is -2.37. The zero-order chi connectivity index (χ0) is 23.2. The molecule has 168 valence electrons. The van der Waals surface area contributed by atoms with Crippen molar-refractivity contribution >= 4 is 11.9 Å². The fourth-order valence-corrected chi connectivity index (χ4v) is 4.52. The summed E-state index contributed by atoms with van der Waals surface area (Å²) in [6, 6.07) is 14.1. The van der Waals surface area contributed by atoms with Gasteiger partial charge in [-0.2, -0.15) is 0 Å². The van der Waals surface area contributed by atoms with E-state index in [4.69, 9.17) is 14.2 Å². The van der Waals surface area contributed by atoms with Crippen LogP contribution in [0.2, 0.25) is 0 Å². The molecule has 3 aromatic carbocycles. The molecule has 0 bridgehead atoms. The Hall–Kier alpha value is -4.00. The minimum absolute atomic E-state index is 0.0345. The van der Waals surface area contributed by atoms with Crippen molar-refractivity contribution in [1.82, 2.24) is 0 Å². The molecule has 3 aromatic rings. The number of carbonyl (C=O) groups excluding carboxylic acids is 2. The number of aromatic hydroxyl groups is 2. The zero-order valence-electron chi connectivity index (χ0n) is 18.0. The van der Waals surface area contributed by atoms with E-state index < -0.39 is 17.5 Å². The van der Waals surface area contributed by atoms with Crippen LogP contribution in [0.25, 0.3) is 0 Å². The second kappa shape index (κ2) is 7.85. The average molecular weight is 446 g/mol. The average Bonchev–Trinajstić information content (AvgIpc) is 3.06. The minimum Gasteiger partial charge on any atom is -0.508 e. The summed E-state index contributed by atoms with van der Waals surface area (Å²) in [5.74, 6) is -0.734. The van der Waals surface area contributed by atoms with Crippen molar-refractivity contribution in [3.8, 4) is 28.7 Å². The normalized spacial score (nSPS) is 17.5. The van der Waals surface area contributed by atoms with Crippen LogP contribution < -0.4 is 9.47 Å². The number of unbranched alkanes of at least 4 members (excludes halogenated alkanes) is 2. The first kappa shape index (κ1) is 20.9. The van der Waals surface area contributed by atoms with Crippen LogP contribution in [0.15, 0.2) is 54.6 Å². The third-order valence-corrected chi connectivity index (χ3v) is 5.95. The summed E-state index contributed by atoms with van der Waals surface area (Å²) in [5, 5.41) is 20.4. The molecule has 1 atom stereocenters. The van der Waals surface area contributed by atoms with Gasteiger partial charge in [-0.05, 0) is 24.6 Å². The Morgan fingerprint density at radius 2 is 1.76 bits per heavy atom. The molecule has 5 rings (SSSR count). The van der Waals surface area contributed by atoms with E-state index in [-0.39, 0.29) is 35.2 Å². The standard InChI is InChI=1S/C26H22O7/c1-2-3-4-9-23(29)32-22-14-16(28)13-21-24(22)26(19-11-10-15(27)12-20(19)31-21)18-8-6-5-7-17(18)25(30)33-26/h5-8,10-14,27-28H,2-4,9H2,1H3. The zero-order valence-corrected chi connectivity index (χ0v) is 18.0. The van der Waals surface area contributed by atoms with Gasteiger partial charge in [0.1, 0.15) is 28.7 Å². The van der Waals surface area contributed by atoms with Crippen LogP contribution in [-0.2, 0) is 15.1 Å². The molecule has 33 heavy (non-hydrogen) atoms. The van der Waals surface area contributed by atoms with E-state index in [1.54, 1.807) is 30.3 Å². The molecular weight excluding hydrogens is 424 g/mol. The van der Waals surface area contributed by atoms with Crippen LogP contribution in [0.5, 0.6) is 28.7 Å². The second-order valence-electron chi connectivity index (χ2n) is 8.15. The largest absolute Gasteiger partial charge is 0.508 e. The molecule has 1 unspecified atom stereocenters. The molecule has 7 heteroatoms. The highest BCUT2D eigenvalue weighted by atomic mass is 16.6. The Labute approximate surface area is 190 Å². The van der Waals surface area contributed by atoms with Crippen LogP contribution >= 0.6 is 0 Å². The van der Waals surface area contributed by atoms with Crippen molar-refractivity contribution in [3.63, 3.8) is 0 Å². The predicted molar refractivity (Wildman–Crippen MR) is 118 cm³/mol. The number of rotatable bonds is 5. The Kier molecular flexibility index (Phi) is 4.96. The lowest BCUT2D eigenvalue weighted by molar-refractivity contribution is -0.134. The highest BCUT2D eigenvalue weighted by Gasteiger charge is 2.55. The third kappa shape index (κ3) is 3.28. The van der Waals surface area contributed by atoms with E-state index in [2.05, 4.69) is 0 Å². The number of phenols is 2. The molecule has 0 saturated carbocycles. The summed E-state index contributed by atoms with van der Waals surface area (Å²) >= 11 is 0. The fraction of sp³-hybridized carbons (Fsp3) is 0.231. The van der Waals surface area contributed by atoms with Gasteiger partial charge < -0.3 is 24.4 Å². The number of fused-ring (bicyclic) bond motifs is 6.